The van der Waals surface area contributed by atoms with Crippen molar-refractivity contribution < 1.29 is 4.79 Å². The van der Waals surface area contributed by atoms with E-state index in [0.29, 0.717) is 18.1 Å². The Morgan fingerprint density at radius 1 is 1.09 bits per heavy atom. The van der Waals surface area contributed by atoms with Crippen LogP contribution in [-0.2, 0) is 17.9 Å². The predicted octanol–water partition coefficient (Wildman–Crippen LogP) is 3.48. The summed E-state index contributed by atoms with van der Waals surface area (Å²) in [5, 5.41) is 3.62. The van der Waals surface area contributed by atoms with Gasteiger partial charge in [0.15, 0.2) is 0 Å². The Morgan fingerprint density at radius 3 is 2.50 bits per heavy atom. The molecule has 0 aliphatic heterocycles. The fourth-order valence-corrected chi connectivity index (χ4v) is 2.44. The summed E-state index contributed by atoms with van der Waals surface area (Å²) in [5.74, 6) is 0.0257. The van der Waals surface area contributed by atoms with Crippen molar-refractivity contribution in [3.05, 3.63) is 70.7 Å². The normalized spacial score (nSPS) is 10.7. The molecule has 2 aromatic carbocycles. The Balaban J connectivity index is 1.82. The van der Waals surface area contributed by atoms with E-state index in [1.54, 1.807) is 0 Å². The highest BCUT2D eigenvalue weighted by molar-refractivity contribution is 6.30. The summed E-state index contributed by atoms with van der Waals surface area (Å²) in [6.45, 7) is 4.57. The molecule has 0 aliphatic rings. The first-order chi connectivity index (χ1) is 10.7. The zero-order chi connectivity index (χ0) is 15.8. The van der Waals surface area contributed by atoms with Crippen molar-refractivity contribution in [2.45, 2.75) is 20.0 Å². The van der Waals surface area contributed by atoms with E-state index in [1.807, 2.05) is 42.5 Å². The average Bonchev–Trinajstić information content (AvgIpc) is 2.53. The number of carbonyl (C=O) groups is 1. The fourth-order valence-electron chi connectivity index (χ4n) is 2.23. The van der Waals surface area contributed by atoms with Gasteiger partial charge in [0.2, 0.25) is 5.91 Å². The average molecular weight is 317 g/mol. The van der Waals surface area contributed by atoms with Gasteiger partial charge in [-0.3, -0.25) is 9.69 Å². The molecule has 0 atom stereocenters. The predicted molar refractivity (Wildman–Crippen MR) is 90.7 cm³/mol. The van der Waals surface area contributed by atoms with E-state index >= 15 is 0 Å². The van der Waals surface area contributed by atoms with Crippen molar-refractivity contribution in [1.82, 2.24) is 10.2 Å². The Morgan fingerprint density at radius 2 is 1.82 bits per heavy atom. The first-order valence-corrected chi connectivity index (χ1v) is 7.82. The molecule has 22 heavy (non-hydrogen) atoms. The van der Waals surface area contributed by atoms with Gasteiger partial charge in [0.25, 0.3) is 0 Å². The summed E-state index contributed by atoms with van der Waals surface area (Å²) in [6.07, 6.45) is 0. The van der Waals surface area contributed by atoms with Crippen LogP contribution in [0.2, 0.25) is 5.02 Å². The Kier molecular flexibility index (Phi) is 6.44. The van der Waals surface area contributed by atoms with E-state index < -0.39 is 0 Å². The quantitative estimate of drug-likeness (QED) is 0.848. The molecule has 0 fully saturated rings. The van der Waals surface area contributed by atoms with Gasteiger partial charge < -0.3 is 5.32 Å². The Labute approximate surface area is 136 Å². The third-order valence-electron chi connectivity index (χ3n) is 3.44. The van der Waals surface area contributed by atoms with Crippen LogP contribution in [0.3, 0.4) is 0 Å². The van der Waals surface area contributed by atoms with Crippen LogP contribution in [0, 0.1) is 0 Å². The first kappa shape index (κ1) is 16.5. The molecule has 1 N–H and O–H groups in total. The van der Waals surface area contributed by atoms with E-state index in [1.165, 1.54) is 5.56 Å². The van der Waals surface area contributed by atoms with Crippen LogP contribution in [-0.4, -0.2) is 23.9 Å². The van der Waals surface area contributed by atoms with Gasteiger partial charge in [-0.15, -0.1) is 0 Å². The van der Waals surface area contributed by atoms with Crippen LogP contribution in [0.1, 0.15) is 18.1 Å². The highest BCUT2D eigenvalue weighted by atomic mass is 35.5. The molecule has 0 saturated heterocycles. The van der Waals surface area contributed by atoms with Crippen molar-refractivity contribution in [1.29, 1.82) is 0 Å². The minimum atomic E-state index is 0.0257. The third-order valence-corrected chi connectivity index (χ3v) is 3.68. The number of nitrogens with zero attached hydrogens (tertiary/aromatic N) is 1. The van der Waals surface area contributed by atoms with Gasteiger partial charge in [-0.2, -0.15) is 0 Å². The lowest BCUT2D eigenvalue weighted by molar-refractivity contribution is -0.122. The van der Waals surface area contributed by atoms with Gasteiger partial charge >= 0.3 is 0 Å². The molecule has 0 radical (unpaired) electrons. The minimum Gasteiger partial charge on any atom is -0.351 e. The van der Waals surface area contributed by atoms with E-state index in [2.05, 4.69) is 29.3 Å². The van der Waals surface area contributed by atoms with Gasteiger partial charge in [0.05, 0.1) is 6.54 Å². The molecule has 2 aromatic rings. The van der Waals surface area contributed by atoms with Crippen molar-refractivity contribution in [3.8, 4) is 0 Å². The smallest absolute Gasteiger partial charge is 0.234 e. The van der Waals surface area contributed by atoms with Crippen LogP contribution in [0.4, 0.5) is 0 Å². The van der Waals surface area contributed by atoms with Crippen molar-refractivity contribution in [2.75, 3.05) is 13.1 Å². The van der Waals surface area contributed by atoms with E-state index in [0.717, 1.165) is 18.7 Å². The van der Waals surface area contributed by atoms with Crippen LogP contribution < -0.4 is 5.32 Å². The number of benzene rings is 2. The van der Waals surface area contributed by atoms with E-state index in [9.17, 15) is 4.79 Å². The van der Waals surface area contributed by atoms with Crippen LogP contribution >= 0.6 is 11.6 Å². The van der Waals surface area contributed by atoms with Gasteiger partial charge in [-0.1, -0.05) is 61.0 Å². The lowest BCUT2D eigenvalue weighted by Gasteiger charge is -2.20. The molecule has 0 unspecified atom stereocenters. The molecule has 116 valence electrons. The molecule has 4 heteroatoms. The SMILES string of the molecule is CCN(CC(=O)NCc1cccc(Cl)c1)Cc1ccccc1. The maximum atomic E-state index is 12.1. The standard InChI is InChI=1S/C18H21ClN2O/c1-2-21(13-15-7-4-3-5-8-15)14-18(22)20-12-16-9-6-10-17(19)11-16/h3-11H,2,12-14H2,1H3,(H,20,22). The maximum Gasteiger partial charge on any atom is 0.234 e. The molecular formula is C18H21ClN2O. The molecule has 0 heterocycles. The molecular weight excluding hydrogens is 296 g/mol. The number of halogens is 1. The number of nitrogens with one attached hydrogen (secondary N) is 1. The number of amides is 1. The molecule has 0 aromatic heterocycles. The Hall–Kier alpha value is -1.84. The third kappa shape index (κ3) is 5.51. The second-order valence-electron chi connectivity index (χ2n) is 5.20. The van der Waals surface area contributed by atoms with Crippen molar-refractivity contribution in [3.63, 3.8) is 0 Å². The Bertz CT molecular complexity index is 601. The van der Waals surface area contributed by atoms with Gasteiger partial charge in [-0.25, -0.2) is 0 Å². The number of carbonyl (C=O) groups excluding carboxylic acids is 1. The minimum absolute atomic E-state index is 0.0257. The number of hydrogen-bond acceptors (Lipinski definition) is 2. The fraction of sp³-hybridized carbons (Fsp3) is 0.278. The highest BCUT2D eigenvalue weighted by Crippen LogP contribution is 2.10. The second-order valence-corrected chi connectivity index (χ2v) is 5.63. The van der Waals surface area contributed by atoms with Gasteiger partial charge in [0.1, 0.15) is 0 Å². The van der Waals surface area contributed by atoms with Crippen LogP contribution in [0.15, 0.2) is 54.6 Å². The van der Waals surface area contributed by atoms with Crippen LogP contribution in [0.5, 0.6) is 0 Å². The lowest BCUT2D eigenvalue weighted by atomic mass is 10.2. The summed E-state index contributed by atoms with van der Waals surface area (Å²) >= 11 is 5.94. The zero-order valence-electron chi connectivity index (χ0n) is 12.8. The molecule has 2 rings (SSSR count). The van der Waals surface area contributed by atoms with Crippen LogP contribution in [0.25, 0.3) is 0 Å². The van der Waals surface area contributed by atoms with Gasteiger partial charge in [0, 0.05) is 18.1 Å². The number of hydrogen-bond donors (Lipinski definition) is 1. The summed E-state index contributed by atoms with van der Waals surface area (Å²) in [5.41, 5.74) is 2.22. The zero-order valence-corrected chi connectivity index (χ0v) is 13.5. The largest absolute Gasteiger partial charge is 0.351 e. The van der Waals surface area contributed by atoms with Crippen molar-refractivity contribution >= 4 is 17.5 Å². The molecule has 0 aliphatic carbocycles. The molecule has 0 saturated carbocycles. The number of likely N-dealkylation sites (N-methyl/N-ethyl adjacent to an activating group) is 1. The maximum absolute atomic E-state index is 12.1. The van der Waals surface area contributed by atoms with Gasteiger partial charge in [-0.05, 0) is 29.8 Å². The monoisotopic (exact) mass is 316 g/mol. The molecule has 1 amide bonds. The summed E-state index contributed by atoms with van der Waals surface area (Å²) in [6, 6.07) is 17.7. The summed E-state index contributed by atoms with van der Waals surface area (Å²) in [4.78, 5) is 14.2. The topological polar surface area (TPSA) is 32.3 Å². The van der Waals surface area contributed by atoms with E-state index in [4.69, 9.17) is 11.6 Å². The highest BCUT2D eigenvalue weighted by Gasteiger charge is 2.09. The first-order valence-electron chi connectivity index (χ1n) is 7.45. The number of rotatable bonds is 7. The summed E-state index contributed by atoms with van der Waals surface area (Å²) in [7, 11) is 0. The second kappa shape index (κ2) is 8.57. The van der Waals surface area contributed by atoms with E-state index in [-0.39, 0.29) is 5.91 Å². The van der Waals surface area contributed by atoms with Crippen molar-refractivity contribution in [2.24, 2.45) is 0 Å². The molecule has 3 nitrogen and oxygen atoms in total. The lowest BCUT2D eigenvalue weighted by Crippen LogP contribution is -2.36. The summed E-state index contributed by atoms with van der Waals surface area (Å²) < 4.78 is 0. The molecule has 0 spiro atoms. The molecule has 0 bridgehead atoms.